The molecule has 1 heterocycles. The molecule has 4 N–H and O–H groups in total. The average Bonchev–Trinajstić information content (AvgIpc) is 2.60. The number of hydrogen-bond acceptors (Lipinski definition) is 4. The van der Waals surface area contributed by atoms with Crippen molar-refractivity contribution in [1.82, 2.24) is 9.97 Å². The minimum Gasteiger partial charge on any atom is -0.376 e. The lowest BCUT2D eigenvalue weighted by Gasteiger charge is -2.34. The van der Waals surface area contributed by atoms with E-state index in [1.807, 2.05) is 26.0 Å². The van der Waals surface area contributed by atoms with Gasteiger partial charge in [0.15, 0.2) is 5.11 Å². The van der Waals surface area contributed by atoms with Crippen LogP contribution in [0.4, 0.5) is 11.4 Å². The fourth-order valence-corrected chi connectivity index (χ4v) is 3.83. The fraction of sp³-hybridized carbons (Fsp3) is 0.526. The zero-order valence-electron chi connectivity index (χ0n) is 15.6. The first kappa shape index (κ1) is 18.6. The molecule has 3 rings (SSSR count). The number of benzene rings is 1. The Balaban J connectivity index is 2.12. The van der Waals surface area contributed by atoms with E-state index < -0.39 is 0 Å². The molecular weight excluding hydrogens is 346 g/mol. The SMILES string of the molecule is CC(C)c1nc2cc(N(C)C3CCCCC3)c(NC(N)=S)cc2[nH]c1=O. The van der Waals surface area contributed by atoms with E-state index in [1.165, 1.54) is 32.1 Å². The maximum Gasteiger partial charge on any atom is 0.270 e. The Morgan fingerprint density at radius 3 is 2.65 bits per heavy atom. The summed E-state index contributed by atoms with van der Waals surface area (Å²) in [5, 5.41) is 3.27. The van der Waals surface area contributed by atoms with Gasteiger partial charge in [0, 0.05) is 19.0 Å². The van der Waals surface area contributed by atoms with Crippen LogP contribution in [0.1, 0.15) is 57.6 Å². The first-order valence-electron chi connectivity index (χ1n) is 9.24. The fourth-order valence-electron chi connectivity index (χ4n) is 3.72. The highest BCUT2D eigenvalue weighted by atomic mass is 32.1. The van der Waals surface area contributed by atoms with E-state index in [0.29, 0.717) is 17.3 Å². The van der Waals surface area contributed by atoms with Crippen molar-refractivity contribution in [2.45, 2.75) is 57.9 Å². The van der Waals surface area contributed by atoms with Gasteiger partial charge in [-0.15, -0.1) is 0 Å². The van der Waals surface area contributed by atoms with E-state index in [2.05, 4.69) is 27.2 Å². The van der Waals surface area contributed by atoms with Crippen molar-refractivity contribution in [2.24, 2.45) is 5.73 Å². The summed E-state index contributed by atoms with van der Waals surface area (Å²) in [6, 6.07) is 4.38. The van der Waals surface area contributed by atoms with Crippen molar-refractivity contribution in [3.8, 4) is 0 Å². The zero-order chi connectivity index (χ0) is 18.8. The number of rotatable bonds is 4. The minimum absolute atomic E-state index is 0.0668. The quantitative estimate of drug-likeness (QED) is 0.712. The Hall–Kier alpha value is -2.15. The van der Waals surface area contributed by atoms with Gasteiger partial charge in [0.25, 0.3) is 5.56 Å². The number of anilines is 2. The first-order valence-corrected chi connectivity index (χ1v) is 9.65. The molecule has 1 aromatic heterocycles. The third-order valence-corrected chi connectivity index (χ3v) is 5.24. The summed E-state index contributed by atoms with van der Waals surface area (Å²) >= 11 is 5.04. The van der Waals surface area contributed by atoms with Crippen LogP contribution < -0.4 is 21.5 Å². The molecule has 26 heavy (non-hydrogen) atoms. The molecule has 2 aromatic rings. The number of nitrogens with one attached hydrogen (secondary N) is 2. The Kier molecular flexibility index (Phi) is 5.46. The van der Waals surface area contributed by atoms with E-state index in [1.54, 1.807) is 0 Å². The topological polar surface area (TPSA) is 87.0 Å². The number of H-pyrrole nitrogens is 1. The van der Waals surface area contributed by atoms with Crippen molar-refractivity contribution >= 4 is 39.7 Å². The predicted molar refractivity (Wildman–Crippen MR) is 112 cm³/mol. The van der Waals surface area contributed by atoms with Crippen LogP contribution in [0.5, 0.6) is 0 Å². The molecule has 0 unspecified atom stereocenters. The lowest BCUT2D eigenvalue weighted by molar-refractivity contribution is 0.428. The van der Waals surface area contributed by atoms with Gasteiger partial charge < -0.3 is 20.9 Å². The molecule has 0 radical (unpaired) electrons. The second kappa shape index (κ2) is 7.61. The number of nitrogens with two attached hydrogens (primary N) is 1. The van der Waals surface area contributed by atoms with Gasteiger partial charge in [0.05, 0.1) is 22.4 Å². The number of hydrogen-bond donors (Lipinski definition) is 3. The summed E-state index contributed by atoms with van der Waals surface area (Å²) in [6.45, 7) is 3.95. The van der Waals surface area contributed by atoms with E-state index in [9.17, 15) is 4.79 Å². The predicted octanol–water partition coefficient (Wildman–Crippen LogP) is 3.47. The summed E-state index contributed by atoms with van der Waals surface area (Å²) < 4.78 is 0. The van der Waals surface area contributed by atoms with Gasteiger partial charge in [-0.1, -0.05) is 33.1 Å². The van der Waals surface area contributed by atoms with Crippen LogP contribution in [0.2, 0.25) is 0 Å². The van der Waals surface area contributed by atoms with Crippen LogP contribution in [0.3, 0.4) is 0 Å². The summed E-state index contributed by atoms with van der Waals surface area (Å²) in [5.74, 6) is 0.0668. The van der Waals surface area contributed by atoms with Crippen LogP contribution >= 0.6 is 12.2 Å². The Labute approximate surface area is 159 Å². The molecule has 1 aliphatic rings. The highest BCUT2D eigenvalue weighted by Gasteiger charge is 2.22. The Morgan fingerprint density at radius 1 is 1.35 bits per heavy atom. The Morgan fingerprint density at radius 2 is 2.04 bits per heavy atom. The largest absolute Gasteiger partial charge is 0.376 e. The van der Waals surface area contributed by atoms with Gasteiger partial charge in [0.1, 0.15) is 5.69 Å². The molecule has 1 saturated carbocycles. The molecule has 0 bridgehead atoms. The molecule has 0 aliphatic heterocycles. The van der Waals surface area contributed by atoms with Gasteiger partial charge >= 0.3 is 0 Å². The lowest BCUT2D eigenvalue weighted by Crippen LogP contribution is -2.34. The highest BCUT2D eigenvalue weighted by molar-refractivity contribution is 7.80. The standard InChI is InChI=1S/C19H27N5OS/c1-11(2)17-18(25)22-13-9-15(23-19(20)26)16(10-14(13)21-17)24(3)12-7-5-4-6-8-12/h9-12H,4-8H2,1-3H3,(H,22,25)(H3,20,23,26). The maximum absolute atomic E-state index is 12.3. The molecule has 6 nitrogen and oxygen atoms in total. The van der Waals surface area contributed by atoms with Crippen molar-refractivity contribution in [3.05, 3.63) is 28.2 Å². The molecular formula is C19H27N5OS. The third-order valence-electron chi connectivity index (χ3n) is 5.14. The van der Waals surface area contributed by atoms with Gasteiger partial charge in [-0.3, -0.25) is 4.79 Å². The summed E-state index contributed by atoms with van der Waals surface area (Å²) in [5.41, 5.74) is 9.39. The van der Waals surface area contributed by atoms with Gasteiger partial charge in [-0.2, -0.15) is 0 Å². The van der Waals surface area contributed by atoms with Crippen molar-refractivity contribution in [3.63, 3.8) is 0 Å². The van der Waals surface area contributed by atoms with Crippen LogP contribution in [0.15, 0.2) is 16.9 Å². The lowest BCUT2D eigenvalue weighted by atomic mass is 9.94. The van der Waals surface area contributed by atoms with Gasteiger partial charge in [-0.25, -0.2) is 4.98 Å². The van der Waals surface area contributed by atoms with E-state index in [4.69, 9.17) is 18.0 Å². The minimum atomic E-state index is -0.151. The first-order chi connectivity index (χ1) is 12.4. The molecule has 0 amide bonds. The number of nitrogens with zero attached hydrogens (tertiary/aromatic N) is 2. The van der Waals surface area contributed by atoms with Crippen LogP contribution in [0.25, 0.3) is 11.0 Å². The average molecular weight is 374 g/mol. The number of aromatic nitrogens is 2. The zero-order valence-corrected chi connectivity index (χ0v) is 16.4. The monoisotopic (exact) mass is 373 g/mol. The normalized spacial score (nSPS) is 15.4. The second-order valence-electron chi connectivity index (χ2n) is 7.38. The molecule has 0 spiro atoms. The van der Waals surface area contributed by atoms with Crippen molar-refractivity contribution in [1.29, 1.82) is 0 Å². The smallest absolute Gasteiger partial charge is 0.270 e. The molecule has 1 aliphatic carbocycles. The van der Waals surface area contributed by atoms with Crippen LogP contribution in [-0.4, -0.2) is 28.2 Å². The molecule has 1 aromatic carbocycles. The van der Waals surface area contributed by atoms with Gasteiger partial charge in [0.2, 0.25) is 0 Å². The molecule has 0 atom stereocenters. The molecule has 1 fully saturated rings. The van der Waals surface area contributed by atoms with Gasteiger partial charge in [-0.05, 0) is 37.2 Å². The Bertz CT molecular complexity index is 870. The number of fused-ring (bicyclic) bond motifs is 1. The van der Waals surface area contributed by atoms with E-state index >= 15 is 0 Å². The number of thiocarbonyl (C=S) groups is 1. The molecule has 140 valence electrons. The van der Waals surface area contributed by atoms with E-state index in [-0.39, 0.29) is 16.6 Å². The van der Waals surface area contributed by atoms with Crippen molar-refractivity contribution < 1.29 is 0 Å². The summed E-state index contributed by atoms with van der Waals surface area (Å²) in [6.07, 6.45) is 6.17. The molecule has 7 heteroatoms. The second-order valence-corrected chi connectivity index (χ2v) is 7.82. The molecule has 0 saturated heterocycles. The maximum atomic E-state index is 12.3. The third kappa shape index (κ3) is 3.82. The number of aromatic amines is 1. The van der Waals surface area contributed by atoms with Crippen LogP contribution in [-0.2, 0) is 0 Å². The summed E-state index contributed by atoms with van der Waals surface area (Å²) in [7, 11) is 2.11. The van der Waals surface area contributed by atoms with Crippen molar-refractivity contribution in [2.75, 3.05) is 17.3 Å². The van der Waals surface area contributed by atoms with Crippen LogP contribution in [0, 0.1) is 0 Å². The summed E-state index contributed by atoms with van der Waals surface area (Å²) in [4.78, 5) is 22.1. The van der Waals surface area contributed by atoms with E-state index in [0.717, 1.165) is 16.9 Å². The highest BCUT2D eigenvalue weighted by Crippen LogP contribution is 2.34.